The van der Waals surface area contributed by atoms with Gasteiger partial charge in [-0.25, -0.2) is 4.98 Å². The Bertz CT molecular complexity index is 393. The molecule has 0 saturated heterocycles. The molecule has 2 N–H and O–H groups in total. The van der Waals surface area contributed by atoms with E-state index in [1.165, 1.54) is 25.7 Å². The second-order valence-corrected chi connectivity index (χ2v) is 6.04. The molecule has 1 aromatic heterocycles. The van der Waals surface area contributed by atoms with Gasteiger partial charge in [-0.1, -0.05) is 13.8 Å². The third-order valence-electron chi connectivity index (χ3n) is 4.14. The van der Waals surface area contributed by atoms with E-state index in [1.807, 2.05) is 0 Å². The molecular weight excluding hydrogens is 224 g/mol. The van der Waals surface area contributed by atoms with Crippen molar-refractivity contribution >= 4 is 5.82 Å². The molecule has 0 aliphatic heterocycles. The number of nitrogens with zero attached hydrogens (tertiary/aromatic N) is 3. The predicted octanol–water partition coefficient (Wildman–Crippen LogP) is 2.34. The molecule has 0 unspecified atom stereocenters. The smallest absolute Gasteiger partial charge is 0.151 e. The van der Waals surface area contributed by atoms with Crippen molar-refractivity contribution in [2.45, 2.75) is 52.1 Å². The third-order valence-corrected chi connectivity index (χ3v) is 4.14. The lowest BCUT2D eigenvalue weighted by Gasteiger charge is -2.39. The van der Waals surface area contributed by atoms with Crippen molar-refractivity contribution in [1.82, 2.24) is 9.97 Å². The first kappa shape index (κ1) is 13.3. The highest BCUT2D eigenvalue weighted by molar-refractivity contribution is 5.43. The van der Waals surface area contributed by atoms with Gasteiger partial charge in [0.1, 0.15) is 0 Å². The fourth-order valence-corrected chi connectivity index (χ4v) is 2.74. The molecule has 4 nitrogen and oxygen atoms in total. The molecule has 0 radical (unpaired) electrons. The first-order valence-electron chi connectivity index (χ1n) is 6.76. The standard InChI is InChI=1S/C14H24N4/c1-14(2)6-4-11(5-7-14)18(3)13-12(10-15)16-8-9-17-13/h8-9,11H,4-7,10,15H2,1-3H3. The van der Waals surface area contributed by atoms with Crippen molar-refractivity contribution in [2.75, 3.05) is 11.9 Å². The highest BCUT2D eigenvalue weighted by Crippen LogP contribution is 2.37. The summed E-state index contributed by atoms with van der Waals surface area (Å²) >= 11 is 0. The average molecular weight is 248 g/mol. The summed E-state index contributed by atoms with van der Waals surface area (Å²) in [4.78, 5) is 11.0. The van der Waals surface area contributed by atoms with E-state index in [-0.39, 0.29) is 0 Å². The second kappa shape index (κ2) is 5.22. The van der Waals surface area contributed by atoms with Gasteiger partial charge in [0.05, 0.1) is 5.69 Å². The Morgan fingerprint density at radius 1 is 1.28 bits per heavy atom. The van der Waals surface area contributed by atoms with Gasteiger partial charge < -0.3 is 10.6 Å². The largest absolute Gasteiger partial charge is 0.355 e. The summed E-state index contributed by atoms with van der Waals surface area (Å²) in [6.07, 6.45) is 8.47. The van der Waals surface area contributed by atoms with Crippen molar-refractivity contribution in [1.29, 1.82) is 0 Å². The van der Waals surface area contributed by atoms with Gasteiger partial charge >= 0.3 is 0 Å². The number of anilines is 1. The molecule has 1 aliphatic rings. The van der Waals surface area contributed by atoms with Crippen LogP contribution in [0.5, 0.6) is 0 Å². The Kier molecular flexibility index (Phi) is 3.85. The third kappa shape index (κ3) is 2.80. The Morgan fingerprint density at radius 3 is 2.50 bits per heavy atom. The molecule has 100 valence electrons. The maximum Gasteiger partial charge on any atom is 0.151 e. The molecule has 1 saturated carbocycles. The molecule has 1 aliphatic carbocycles. The fourth-order valence-electron chi connectivity index (χ4n) is 2.74. The van der Waals surface area contributed by atoms with Gasteiger partial charge in [0, 0.05) is 32.0 Å². The molecule has 0 atom stereocenters. The molecule has 0 spiro atoms. The van der Waals surface area contributed by atoms with E-state index in [0.717, 1.165) is 11.5 Å². The zero-order valence-electron chi connectivity index (χ0n) is 11.7. The van der Waals surface area contributed by atoms with E-state index >= 15 is 0 Å². The Morgan fingerprint density at radius 2 is 1.89 bits per heavy atom. The van der Waals surface area contributed by atoms with Crippen molar-refractivity contribution in [3.63, 3.8) is 0 Å². The van der Waals surface area contributed by atoms with Crippen LogP contribution in [-0.4, -0.2) is 23.1 Å². The molecule has 1 aromatic rings. The summed E-state index contributed by atoms with van der Waals surface area (Å²) in [5.74, 6) is 0.949. The summed E-state index contributed by atoms with van der Waals surface area (Å²) in [7, 11) is 2.12. The highest BCUT2D eigenvalue weighted by atomic mass is 15.2. The normalized spacial score (nSPS) is 19.8. The molecule has 18 heavy (non-hydrogen) atoms. The molecular formula is C14H24N4. The summed E-state index contributed by atoms with van der Waals surface area (Å²) < 4.78 is 0. The van der Waals surface area contributed by atoms with E-state index < -0.39 is 0 Å². The van der Waals surface area contributed by atoms with E-state index in [9.17, 15) is 0 Å². The van der Waals surface area contributed by atoms with Crippen LogP contribution in [-0.2, 0) is 6.54 Å². The van der Waals surface area contributed by atoms with Gasteiger partial charge in [-0.3, -0.25) is 4.98 Å². The van der Waals surface area contributed by atoms with Crippen molar-refractivity contribution in [3.05, 3.63) is 18.1 Å². The lowest BCUT2D eigenvalue weighted by Crippen LogP contribution is -2.38. The minimum absolute atomic E-state index is 0.450. The summed E-state index contributed by atoms with van der Waals surface area (Å²) in [6, 6.07) is 0.569. The fraction of sp³-hybridized carbons (Fsp3) is 0.714. The maximum absolute atomic E-state index is 5.73. The second-order valence-electron chi connectivity index (χ2n) is 6.04. The summed E-state index contributed by atoms with van der Waals surface area (Å²) in [5.41, 5.74) is 7.12. The topological polar surface area (TPSA) is 55.0 Å². The molecule has 0 amide bonds. The number of aromatic nitrogens is 2. The lowest BCUT2D eigenvalue weighted by molar-refractivity contribution is 0.222. The van der Waals surface area contributed by atoms with Crippen molar-refractivity contribution < 1.29 is 0 Å². The monoisotopic (exact) mass is 248 g/mol. The lowest BCUT2D eigenvalue weighted by atomic mass is 9.75. The van der Waals surface area contributed by atoms with Crippen LogP contribution in [0.4, 0.5) is 5.82 Å². The molecule has 0 aromatic carbocycles. The van der Waals surface area contributed by atoms with Gasteiger partial charge in [0.15, 0.2) is 5.82 Å². The van der Waals surface area contributed by atoms with Gasteiger partial charge in [-0.2, -0.15) is 0 Å². The van der Waals surface area contributed by atoms with Crippen molar-refractivity contribution in [3.8, 4) is 0 Å². The highest BCUT2D eigenvalue weighted by Gasteiger charge is 2.29. The predicted molar refractivity (Wildman–Crippen MR) is 74.4 cm³/mol. The molecule has 1 heterocycles. The molecule has 4 heteroatoms. The first-order chi connectivity index (χ1) is 8.53. The maximum atomic E-state index is 5.73. The van der Waals surface area contributed by atoms with Gasteiger partial charge in [0.2, 0.25) is 0 Å². The molecule has 2 rings (SSSR count). The van der Waals surface area contributed by atoms with E-state index in [1.54, 1.807) is 12.4 Å². The summed E-state index contributed by atoms with van der Waals surface area (Å²) in [6.45, 7) is 5.17. The van der Waals surface area contributed by atoms with Crippen LogP contribution < -0.4 is 10.6 Å². The van der Waals surface area contributed by atoms with E-state index in [4.69, 9.17) is 5.73 Å². The van der Waals surface area contributed by atoms with Gasteiger partial charge in [-0.05, 0) is 31.1 Å². The van der Waals surface area contributed by atoms with Crippen LogP contribution in [0.15, 0.2) is 12.4 Å². The van der Waals surface area contributed by atoms with Crippen LogP contribution in [0.1, 0.15) is 45.2 Å². The van der Waals surface area contributed by atoms with Crippen LogP contribution >= 0.6 is 0 Å². The van der Waals surface area contributed by atoms with E-state index in [2.05, 4.69) is 35.8 Å². The average Bonchev–Trinajstić information content (AvgIpc) is 2.38. The van der Waals surface area contributed by atoms with Gasteiger partial charge in [-0.15, -0.1) is 0 Å². The zero-order valence-corrected chi connectivity index (χ0v) is 11.7. The first-order valence-corrected chi connectivity index (χ1v) is 6.76. The molecule has 0 bridgehead atoms. The Hall–Kier alpha value is -1.16. The Labute approximate surface area is 110 Å². The minimum Gasteiger partial charge on any atom is -0.355 e. The van der Waals surface area contributed by atoms with Crippen molar-refractivity contribution in [2.24, 2.45) is 11.1 Å². The number of nitrogens with two attached hydrogens (primary N) is 1. The molecule has 1 fully saturated rings. The van der Waals surface area contributed by atoms with Crippen LogP contribution in [0, 0.1) is 5.41 Å². The minimum atomic E-state index is 0.450. The SMILES string of the molecule is CN(c1nccnc1CN)C1CCC(C)(C)CC1. The van der Waals surface area contributed by atoms with Gasteiger partial charge in [0.25, 0.3) is 0 Å². The van der Waals surface area contributed by atoms with Crippen LogP contribution in [0.3, 0.4) is 0 Å². The Balaban J connectivity index is 2.10. The number of hydrogen-bond acceptors (Lipinski definition) is 4. The zero-order chi connectivity index (χ0) is 13.2. The van der Waals surface area contributed by atoms with E-state index in [0.29, 0.717) is 18.0 Å². The number of hydrogen-bond donors (Lipinski definition) is 1. The number of rotatable bonds is 3. The summed E-state index contributed by atoms with van der Waals surface area (Å²) in [5, 5.41) is 0. The quantitative estimate of drug-likeness (QED) is 0.892. The van der Waals surface area contributed by atoms with Crippen LogP contribution in [0.2, 0.25) is 0 Å². The van der Waals surface area contributed by atoms with Crippen LogP contribution in [0.25, 0.3) is 0 Å².